The number of ketones is 1. The molecule has 0 N–H and O–H groups in total. The van der Waals surface area contributed by atoms with E-state index in [0.717, 1.165) is 49.0 Å². The molecular formula is C29H23K3N2O9S5. The number of nitrogens with zero attached hydrogens (tertiary/aromatic N) is 2. The second kappa shape index (κ2) is 19.8. The van der Waals surface area contributed by atoms with Crippen LogP contribution < -0.4 is 184 Å². The molecule has 0 saturated carbocycles. The van der Waals surface area contributed by atoms with Gasteiger partial charge in [-0.15, -0.1) is 11.3 Å². The summed E-state index contributed by atoms with van der Waals surface area (Å²) in [6.45, 7) is 1.16. The Morgan fingerprint density at radius 2 is 1.71 bits per heavy atom. The summed E-state index contributed by atoms with van der Waals surface area (Å²) in [5.41, 5.74) is 0.688. The maximum atomic E-state index is 13.7. The van der Waals surface area contributed by atoms with Crippen molar-refractivity contribution in [3.63, 3.8) is 0 Å². The number of carbonyl (C=O) groups excluding carboxylic acids is 3. The van der Waals surface area contributed by atoms with Crippen molar-refractivity contribution in [1.82, 2.24) is 4.57 Å². The number of hydrogen-bond acceptors (Lipinski definition) is 14. The maximum Gasteiger partial charge on any atom is 1.00 e. The number of rotatable bonds is 10. The van der Waals surface area contributed by atoms with E-state index in [1.165, 1.54) is 11.8 Å². The topological polar surface area (TPSA) is 180 Å². The largest absolute Gasteiger partial charge is 1.00 e. The molecule has 3 aromatic rings. The molecule has 0 amide bonds. The normalized spacial score (nSPS) is 18.2. The Morgan fingerprint density at radius 1 is 1.02 bits per heavy atom. The number of anilines is 1. The van der Waals surface area contributed by atoms with Gasteiger partial charge in [0.15, 0.2) is 5.78 Å². The van der Waals surface area contributed by atoms with Gasteiger partial charge in [-0.25, -0.2) is 8.42 Å². The van der Waals surface area contributed by atoms with E-state index < -0.39 is 58.0 Å². The molecule has 0 radical (unpaired) electrons. The molecular weight excluding hydrogens is 798 g/mol. The third kappa shape index (κ3) is 10.6. The van der Waals surface area contributed by atoms with E-state index in [0.29, 0.717) is 17.0 Å². The van der Waals surface area contributed by atoms with Crippen LogP contribution in [0.3, 0.4) is 0 Å². The number of benzene rings is 2. The number of aliphatic carboxylic acids is 2. The molecule has 2 aliphatic heterocycles. The van der Waals surface area contributed by atoms with E-state index >= 15 is 0 Å². The molecule has 5 rings (SSSR count). The molecule has 48 heavy (non-hydrogen) atoms. The Hall–Kier alpha value is 1.63. The SMILES string of the molecule is CCC(/C=C1/Sc2ccc3ccccc3c2N1CCCS(=O)(=O)[O-])=c1\s/c(=C2\SC(=S)C(CC(=O)[O-])C2=O)n(CC(=O)[O-])c1=O.[K+].[K+].[K+]. The van der Waals surface area contributed by atoms with Crippen molar-refractivity contribution in [1.29, 1.82) is 0 Å². The van der Waals surface area contributed by atoms with Crippen LogP contribution in [0.1, 0.15) is 26.2 Å². The van der Waals surface area contributed by atoms with E-state index in [-0.39, 0.29) is 185 Å². The Morgan fingerprint density at radius 3 is 2.33 bits per heavy atom. The number of allylic oxidation sites excluding steroid dienone is 1. The minimum absolute atomic E-state index is 0. The zero-order valence-corrected chi connectivity index (χ0v) is 39.9. The van der Waals surface area contributed by atoms with Gasteiger partial charge in [0, 0.05) is 35.0 Å². The van der Waals surface area contributed by atoms with Gasteiger partial charge >= 0.3 is 154 Å². The first-order chi connectivity index (χ1) is 21.3. The summed E-state index contributed by atoms with van der Waals surface area (Å²) < 4.78 is 35.4. The fourth-order valence-electron chi connectivity index (χ4n) is 5.11. The van der Waals surface area contributed by atoms with Crippen LogP contribution in [-0.2, 0) is 31.0 Å². The van der Waals surface area contributed by atoms with Crippen molar-refractivity contribution in [2.45, 2.75) is 37.6 Å². The molecule has 3 heterocycles. The van der Waals surface area contributed by atoms with Crippen molar-refractivity contribution in [3.05, 3.63) is 67.1 Å². The molecule has 1 unspecified atom stereocenters. The minimum atomic E-state index is -4.45. The molecule has 1 saturated heterocycles. The molecule has 0 spiro atoms. The number of Topliss-reactive ketones (excluding diaryl/α,β-unsaturated/α-hetero) is 1. The number of thiazole rings is 1. The predicted molar refractivity (Wildman–Crippen MR) is 173 cm³/mol. The summed E-state index contributed by atoms with van der Waals surface area (Å²) in [4.78, 5) is 52.5. The van der Waals surface area contributed by atoms with Crippen LogP contribution in [0.15, 0.2) is 57.2 Å². The predicted octanol–water partition coefficient (Wildman–Crippen LogP) is -8.72. The van der Waals surface area contributed by atoms with Crippen molar-refractivity contribution in [2.24, 2.45) is 5.92 Å². The molecule has 19 heteroatoms. The second-order valence-electron chi connectivity index (χ2n) is 10.1. The Labute approximate surface area is 421 Å². The average molecular weight is 821 g/mol. The van der Waals surface area contributed by atoms with Crippen LogP contribution in [0.25, 0.3) is 21.3 Å². The minimum Gasteiger partial charge on any atom is -0.748 e. The first-order valence-corrected chi connectivity index (χ1v) is 18.0. The molecule has 0 aliphatic carbocycles. The number of fused-ring (bicyclic) bond motifs is 3. The monoisotopic (exact) mass is 820 g/mol. The molecule has 2 aliphatic rings. The Bertz CT molecular complexity index is 2110. The number of carboxylic acids is 2. The maximum absolute atomic E-state index is 13.7. The number of carbonyl (C=O) groups is 3. The summed E-state index contributed by atoms with van der Waals surface area (Å²) in [5, 5.41) is 25.4. The standard InChI is InChI=1S/C29H26N2O9S5.3K/c1-2-15(25-27(37)31(14-22(34)35)28(43-25)26-24(36)18(13-21(32)33)29(41)44-26)12-20-30(10-5-11-45(38,39)40)23-17-7-4-3-6-16(17)8-9-19(23)42-20;;;/h3-4,6-9,12,18H,2,5,10-11,13-14H2,1H3,(H,32,33)(H,34,35)(H,38,39,40);;;/q;3*+1/p-3/b20-12+,25-15+,28-26-;;;. The van der Waals surface area contributed by atoms with Gasteiger partial charge in [0.25, 0.3) is 5.56 Å². The molecule has 11 nitrogen and oxygen atoms in total. The Kier molecular flexibility index (Phi) is 18.9. The van der Waals surface area contributed by atoms with Crippen LogP contribution in [0.2, 0.25) is 0 Å². The number of carboxylic acid groups (broad SMARTS) is 2. The van der Waals surface area contributed by atoms with Crippen molar-refractivity contribution < 1.29 is 192 Å². The van der Waals surface area contributed by atoms with Gasteiger partial charge in [0.2, 0.25) is 0 Å². The van der Waals surface area contributed by atoms with Crippen LogP contribution >= 0.6 is 47.1 Å². The number of aromatic nitrogens is 1. The van der Waals surface area contributed by atoms with Gasteiger partial charge in [0.05, 0.1) is 52.9 Å². The van der Waals surface area contributed by atoms with E-state index in [1.807, 2.05) is 41.3 Å². The molecule has 1 fully saturated rings. The van der Waals surface area contributed by atoms with Crippen LogP contribution in [-0.4, -0.2) is 51.8 Å². The summed E-state index contributed by atoms with van der Waals surface area (Å²) in [6.07, 6.45) is 1.52. The van der Waals surface area contributed by atoms with Gasteiger partial charge < -0.3 is 29.3 Å². The van der Waals surface area contributed by atoms with Crippen molar-refractivity contribution in [2.75, 3.05) is 17.2 Å². The van der Waals surface area contributed by atoms with Crippen LogP contribution in [0.4, 0.5) is 5.69 Å². The summed E-state index contributed by atoms with van der Waals surface area (Å²) >= 11 is 8.37. The molecule has 2 aromatic carbocycles. The second-order valence-corrected chi connectivity index (χ2v) is 15.4. The van der Waals surface area contributed by atoms with E-state index in [1.54, 1.807) is 13.0 Å². The third-order valence-corrected chi connectivity index (χ3v) is 12.0. The van der Waals surface area contributed by atoms with Crippen molar-refractivity contribution >= 4 is 106 Å². The third-order valence-electron chi connectivity index (χ3n) is 7.12. The number of thioether (sulfide) groups is 2. The van der Waals surface area contributed by atoms with Crippen LogP contribution in [0, 0.1) is 5.92 Å². The zero-order valence-electron chi connectivity index (χ0n) is 26.5. The fraction of sp³-hybridized carbons (Fsp3) is 0.276. The Balaban J connectivity index is 0.00000267. The van der Waals surface area contributed by atoms with Gasteiger partial charge in [-0.05, 0) is 35.9 Å². The van der Waals surface area contributed by atoms with Gasteiger partial charge in [0.1, 0.15) is 4.66 Å². The molecule has 1 atom stereocenters. The molecule has 1 aromatic heterocycles. The first kappa shape index (κ1) is 45.8. The van der Waals surface area contributed by atoms with E-state index in [9.17, 15) is 42.4 Å². The summed E-state index contributed by atoms with van der Waals surface area (Å²) in [7, 11) is -4.45. The molecule has 236 valence electrons. The summed E-state index contributed by atoms with van der Waals surface area (Å²) in [5.74, 6) is -5.35. The van der Waals surface area contributed by atoms with Gasteiger partial charge in [-0.1, -0.05) is 73.0 Å². The van der Waals surface area contributed by atoms with Gasteiger partial charge in [-0.3, -0.25) is 14.2 Å². The molecule has 0 bridgehead atoms. The average Bonchev–Trinajstić information content (AvgIpc) is 3.57. The first-order valence-electron chi connectivity index (χ1n) is 13.5. The summed E-state index contributed by atoms with van der Waals surface area (Å²) in [6, 6.07) is 11.6. The number of thiocarbonyl (C=S) groups is 1. The van der Waals surface area contributed by atoms with Gasteiger partial charge in [-0.2, -0.15) is 0 Å². The van der Waals surface area contributed by atoms with E-state index in [2.05, 4.69) is 0 Å². The van der Waals surface area contributed by atoms with Crippen LogP contribution in [0.5, 0.6) is 0 Å². The van der Waals surface area contributed by atoms with E-state index in [4.69, 9.17) is 12.2 Å². The quantitative estimate of drug-likeness (QED) is 0.107. The fourth-order valence-corrected chi connectivity index (χ4v) is 9.61. The zero-order chi connectivity index (χ0) is 32.6. The smallest absolute Gasteiger partial charge is 0.748 e. The number of hydrogen-bond donors (Lipinski definition) is 0. The van der Waals surface area contributed by atoms with Crippen molar-refractivity contribution in [3.8, 4) is 0 Å².